The summed E-state index contributed by atoms with van der Waals surface area (Å²) in [6.45, 7) is 9.80. The van der Waals surface area contributed by atoms with Crippen molar-refractivity contribution in [3.05, 3.63) is 38.4 Å². The van der Waals surface area contributed by atoms with Crippen molar-refractivity contribution in [2.24, 2.45) is 0 Å². The summed E-state index contributed by atoms with van der Waals surface area (Å²) in [5, 5.41) is 6.14. The molecule has 1 saturated heterocycles. The van der Waals surface area contributed by atoms with Crippen LogP contribution in [0.5, 0.6) is 0 Å². The second-order valence-electron chi connectivity index (χ2n) is 7.30. The Balaban J connectivity index is 1.50. The van der Waals surface area contributed by atoms with Crippen molar-refractivity contribution in [1.82, 2.24) is 15.0 Å². The van der Waals surface area contributed by atoms with E-state index in [1.165, 1.54) is 16.0 Å². The van der Waals surface area contributed by atoms with Crippen LogP contribution in [0.1, 0.15) is 57.6 Å². The average Bonchev–Trinajstić information content (AvgIpc) is 3.29. The lowest BCUT2D eigenvalue weighted by atomic mass is 10.0. The van der Waals surface area contributed by atoms with Crippen molar-refractivity contribution < 1.29 is 9.32 Å². The lowest BCUT2D eigenvalue weighted by molar-refractivity contribution is 0.0746. The third-order valence-electron chi connectivity index (χ3n) is 5.63. The van der Waals surface area contributed by atoms with Gasteiger partial charge in [0.25, 0.3) is 5.91 Å². The highest BCUT2D eigenvalue weighted by molar-refractivity contribution is 7.10. The summed E-state index contributed by atoms with van der Waals surface area (Å²) in [6.07, 6.45) is 3.21. The summed E-state index contributed by atoms with van der Waals surface area (Å²) in [5.41, 5.74) is 4.41. The third-order valence-corrected chi connectivity index (χ3v) is 6.65. The first-order chi connectivity index (χ1) is 12.0. The van der Waals surface area contributed by atoms with Crippen LogP contribution < -0.4 is 0 Å². The summed E-state index contributed by atoms with van der Waals surface area (Å²) in [4.78, 5) is 18.7. The quantitative estimate of drug-likeness (QED) is 0.841. The van der Waals surface area contributed by atoms with E-state index in [9.17, 15) is 4.79 Å². The van der Waals surface area contributed by atoms with Gasteiger partial charge < -0.3 is 9.42 Å². The highest BCUT2D eigenvalue weighted by Gasteiger charge is 2.31. The Morgan fingerprint density at radius 2 is 2.24 bits per heavy atom. The molecule has 0 unspecified atom stereocenters. The van der Waals surface area contributed by atoms with E-state index in [4.69, 9.17) is 4.52 Å². The van der Waals surface area contributed by atoms with E-state index < -0.39 is 0 Å². The maximum absolute atomic E-state index is 12.9. The second kappa shape index (κ2) is 6.57. The molecule has 2 aromatic rings. The molecule has 0 radical (unpaired) electrons. The van der Waals surface area contributed by atoms with Crippen LogP contribution >= 0.6 is 11.3 Å². The number of fused-ring (bicyclic) bond motifs is 1. The zero-order valence-electron chi connectivity index (χ0n) is 15.2. The zero-order chi connectivity index (χ0) is 17.6. The Labute approximate surface area is 152 Å². The van der Waals surface area contributed by atoms with Gasteiger partial charge in [0.05, 0.1) is 11.3 Å². The van der Waals surface area contributed by atoms with Crippen molar-refractivity contribution in [2.45, 2.75) is 59.2 Å². The Hall–Kier alpha value is -1.66. The fourth-order valence-corrected chi connectivity index (χ4v) is 5.15. The van der Waals surface area contributed by atoms with Crippen molar-refractivity contribution >= 4 is 17.2 Å². The van der Waals surface area contributed by atoms with Crippen molar-refractivity contribution in [1.29, 1.82) is 0 Å². The van der Waals surface area contributed by atoms with Gasteiger partial charge in [0.15, 0.2) is 0 Å². The Bertz CT molecular complexity index is 775. The van der Waals surface area contributed by atoms with Crippen molar-refractivity contribution in [3.8, 4) is 0 Å². The van der Waals surface area contributed by atoms with Crippen LogP contribution in [0.4, 0.5) is 0 Å². The molecule has 1 fully saturated rings. The normalized spacial score (nSPS) is 20.9. The molecule has 25 heavy (non-hydrogen) atoms. The fourth-order valence-electron chi connectivity index (χ4n) is 4.04. The van der Waals surface area contributed by atoms with E-state index in [1.807, 2.05) is 13.8 Å². The number of carbonyl (C=O) groups is 1. The predicted molar refractivity (Wildman–Crippen MR) is 97.8 cm³/mol. The monoisotopic (exact) mass is 359 g/mol. The third kappa shape index (κ3) is 3.02. The minimum Gasteiger partial charge on any atom is -0.361 e. The minimum absolute atomic E-state index is 0.238. The Morgan fingerprint density at radius 3 is 2.92 bits per heavy atom. The predicted octanol–water partition coefficient (Wildman–Crippen LogP) is 3.54. The maximum Gasteiger partial charge on any atom is 0.255 e. The van der Waals surface area contributed by atoms with Crippen LogP contribution in [0, 0.1) is 13.8 Å². The summed E-state index contributed by atoms with van der Waals surface area (Å²) in [6, 6.07) is 0.377. The molecule has 0 spiro atoms. The van der Waals surface area contributed by atoms with Crippen LogP contribution in [0.25, 0.3) is 0 Å². The molecule has 0 aromatic carbocycles. The summed E-state index contributed by atoms with van der Waals surface area (Å²) in [5.74, 6) is 1.15. The largest absolute Gasteiger partial charge is 0.361 e. The average molecular weight is 359 g/mol. The number of hydrogen-bond acceptors (Lipinski definition) is 5. The first-order valence-electron chi connectivity index (χ1n) is 9.09. The second-order valence-corrected chi connectivity index (χ2v) is 8.27. The molecular weight excluding hydrogens is 334 g/mol. The molecule has 5 nitrogen and oxygen atoms in total. The molecular formula is C19H25N3O2S. The standard InChI is InChI=1S/C19H25N3O2S/c1-12-5-4-7-22(12)19(23)17-11-25-18-10-21(8-6-15(17)18)9-16-13(2)20-24-14(16)3/h11-12H,4-10H2,1-3H3/t12-/m1/s1. The number of likely N-dealkylation sites (tertiary alicyclic amines) is 1. The lowest BCUT2D eigenvalue weighted by Crippen LogP contribution is -2.35. The number of amides is 1. The fraction of sp³-hybridized carbons (Fsp3) is 0.579. The molecule has 4 rings (SSSR count). The van der Waals surface area contributed by atoms with Crippen LogP contribution in [0.3, 0.4) is 0 Å². The summed E-state index contributed by atoms with van der Waals surface area (Å²) < 4.78 is 5.28. The van der Waals surface area contributed by atoms with Gasteiger partial charge in [-0.1, -0.05) is 5.16 Å². The molecule has 0 N–H and O–H groups in total. The molecule has 4 heterocycles. The maximum atomic E-state index is 12.9. The number of nitrogens with zero attached hydrogens (tertiary/aromatic N) is 3. The minimum atomic E-state index is 0.238. The van der Waals surface area contributed by atoms with Crippen LogP contribution in [-0.2, 0) is 19.5 Å². The number of aromatic nitrogens is 1. The number of aryl methyl sites for hydroxylation is 2. The van der Waals surface area contributed by atoms with E-state index in [1.54, 1.807) is 11.3 Å². The number of rotatable bonds is 3. The molecule has 134 valence electrons. The molecule has 1 atom stereocenters. The number of thiophene rings is 1. The first-order valence-corrected chi connectivity index (χ1v) is 9.97. The SMILES string of the molecule is Cc1noc(C)c1CN1CCc2c(C(=O)N3CCC[C@H]3C)csc2C1. The molecule has 1 amide bonds. The van der Waals surface area contributed by atoms with Crippen molar-refractivity contribution in [2.75, 3.05) is 13.1 Å². The van der Waals surface area contributed by atoms with Gasteiger partial charge in [-0.3, -0.25) is 9.69 Å². The van der Waals surface area contributed by atoms with Crippen LogP contribution in [0.2, 0.25) is 0 Å². The van der Waals surface area contributed by atoms with Gasteiger partial charge in [0.1, 0.15) is 5.76 Å². The molecule has 2 aliphatic rings. The van der Waals surface area contributed by atoms with Crippen LogP contribution in [-0.4, -0.2) is 40.0 Å². The van der Waals surface area contributed by atoms with Gasteiger partial charge in [-0.2, -0.15) is 0 Å². The van der Waals surface area contributed by atoms with E-state index >= 15 is 0 Å². The lowest BCUT2D eigenvalue weighted by Gasteiger charge is -2.28. The van der Waals surface area contributed by atoms with E-state index in [-0.39, 0.29) is 5.91 Å². The van der Waals surface area contributed by atoms with Gasteiger partial charge >= 0.3 is 0 Å². The molecule has 0 bridgehead atoms. The van der Waals surface area contributed by atoms with Crippen molar-refractivity contribution in [3.63, 3.8) is 0 Å². The van der Waals surface area contributed by atoms with Gasteiger partial charge in [-0.25, -0.2) is 0 Å². The molecule has 2 aromatic heterocycles. The highest BCUT2D eigenvalue weighted by atomic mass is 32.1. The zero-order valence-corrected chi connectivity index (χ0v) is 16.0. The number of hydrogen-bond donors (Lipinski definition) is 0. The Kier molecular flexibility index (Phi) is 4.41. The number of carbonyl (C=O) groups excluding carboxylic acids is 1. The molecule has 2 aliphatic heterocycles. The first kappa shape index (κ1) is 16.8. The van der Waals surface area contributed by atoms with E-state index in [2.05, 4.69) is 27.3 Å². The van der Waals surface area contributed by atoms with Crippen LogP contribution in [0.15, 0.2) is 9.90 Å². The van der Waals surface area contributed by atoms with E-state index in [0.717, 1.165) is 62.5 Å². The highest BCUT2D eigenvalue weighted by Crippen LogP contribution is 2.32. The molecule has 0 saturated carbocycles. The Morgan fingerprint density at radius 1 is 1.40 bits per heavy atom. The smallest absolute Gasteiger partial charge is 0.255 e. The van der Waals surface area contributed by atoms with Gasteiger partial charge in [0.2, 0.25) is 0 Å². The van der Waals surface area contributed by atoms with Gasteiger partial charge in [-0.15, -0.1) is 11.3 Å². The molecule has 6 heteroatoms. The van der Waals surface area contributed by atoms with Gasteiger partial charge in [0, 0.05) is 48.0 Å². The summed E-state index contributed by atoms with van der Waals surface area (Å²) >= 11 is 1.74. The van der Waals surface area contributed by atoms with E-state index in [0.29, 0.717) is 6.04 Å². The summed E-state index contributed by atoms with van der Waals surface area (Å²) in [7, 11) is 0. The van der Waals surface area contributed by atoms with Gasteiger partial charge in [-0.05, 0) is 45.6 Å². The topological polar surface area (TPSA) is 49.6 Å². The molecule has 0 aliphatic carbocycles.